The van der Waals surface area contributed by atoms with Gasteiger partial charge >= 0.3 is 0 Å². The Balaban J connectivity index is 1.84. The van der Waals surface area contributed by atoms with Crippen LogP contribution in [0.3, 0.4) is 0 Å². The molecule has 0 aliphatic heterocycles. The van der Waals surface area contributed by atoms with Crippen molar-refractivity contribution in [3.05, 3.63) is 17.3 Å². The average molecular weight is 282 g/mol. The van der Waals surface area contributed by atoms with Gasteiger partial charge in [-0.1, -0.05) is 0 Å². The van der Waals surface area contributed by atoms with Crippen LogP contribution in [0.5, 0.6) is 0 Å². The summed E-state index contributed by atoms with van der Waals surface area (Å²) in [6.07, 6.45) is 3.92. The first kappa shape index (κ1) is 12.2. The second-order valence-corrected chi connectivity index (χ2v) is 6.94. The summed E-state index contributed by atoms with van der Waals surface area (Å²) in [5.74, 6) is 1.75. The molecule has 2 heterocycles. The van der Waals surface area contributed by atoms with Crippen molar-refractivity contribution in [2.75, 3.05) is 18.5 Å². The summed E-state index contributed by atoms with van der Waals surface area (Å²) in [6, 6.07) is 2.18. The number of fused-ring (bicyclic) bond motifs is 1. The quantitative estimate of drug-likeness (QED) is 0.807. The van der Waals surface area contributed by atoms with Gasteiger partial charge in [0.05, 0.1) is 5.39 Å². The molecule has 0 aromatic carbocycles. The molecule has 0 spiro atoms. The van der Waals surface area contributed by atoms with Crippen LogP contribution in [0, 0.1) is 12.8 Å². The van der Waals surface area contributed by atoms with Crippen molar-refractivity contribution < 1.29 is 0 Å². The zero-order valence-electron chi connectivity index (χ0n) is 10.6. The molecule has 18 heavy (non-hydrogen) atoms. The van der Waals surface area contributed by atoms with Gasteiger partial charge in [-0.3, -0.25) is 0 Å². The van der Waals surface area contributed by atoms with E-state index in [2.05, 4.69) is 34.9 Å². The van der Waals surface area contributed by atoms with Crippen molar-refractivity contribution in [2.45, 2.75) is 25.1 Å². The van der Waals surface area contributed by atoms with Crippen molar-refractivity contribution in [3.63, 3.8) is 0 Å². The van der Waals surface area contributed by atoms with Gasteiger partial charge in [0.1, 0.15) is 17.0 Å². The SMILES string of the molecule is Cc1cc2c(N(C)CC3CC(Cl)C3)ncnc2s1. The fourth-order valence-corrected chi connectivity index (χ4v) is 3.89. The number of thiophene rings is 1. The van der Waals surface area contributed by atoms with Crippen LogP contribution in [-0.4, -0.2) is 28.9 Å². The Hall–Kier alpha value is -0.870. The number of rotatable bonds is 3. The van der Waals surface area contributed by atoms with Crippen LogP contribution < -0.4 is 4.90 Å². The molecular weight excluding hydrogens is 266 g/mol. The first-order valence-electron chi connectivity index (χ1n) is 6.20. The highest BCUT2D eigenvalue weighted by Crippen LogP contribution is 2.34. The summed E-state index contributed by atoms with van der Waals surface area (Å²) < 4.78 is 0. The molecule has 3 nitrogen and oxygen atoms in total. The number of aromatic nitrogens is 2. The van der Waals surface area contributed by atoms with Gasteiger partial charge in [0, 0.05) is 23.8 Å². The lowest BCUT2D eigenvalue weighted by molar-refractivity contribution is 0.329. The number of nitrogens with zero attached hydrogens (tertiary/aromatic N) is 3. The Kier molecular flexibility index (Phi) is 3.16. The number of hydrogen-bond acceptors (Lipinski definition) is 4. The van der Waals surface area contributed by atoms with Gasteiger partial charge in [-0.15, -0.1) is 22.9 Å². The lowest BCUT2D eigenvalue weighted by Gasteiger charge is -2.34. The van der Waals surface area contributed by atoms with Crippen LogP contribution in [-0.2, 0) is 0 Å². The standard InChI is InChI=1S/C13H16ClN3S/c1-8-3-11-12(15-7-16-13(11)18-8)17(2)6-9-4-10(14)5-9/h3,7,9-10H,4-6H2,1-2H3. The normalized spacial score (nSPS) is 23.1. The zero-order chi connectivity index (χ0) is 12.7. The molecule has 0 N–H and O–H groups in total. The Labute approximate surface area is 116 Å². The average Bonchev–Trinajstić information content (AvgIpc) is 2.66. The van der Waals surface area contributed by atoms with Crippen LogP contribution in [0.4, 0.5) is 5.82 Å². The molecule has 2 aromatic heterocycles. The van der Waals surface area contributed by atoms with Gasteiger partial charge in [-0.2, -0.15) is 0 Å². The lowest BCUT2D eigenvalue weighted by atomic mass is 9.84. The maximum absolute atomic E-state index is 6.03. The van der Waals surface area contributed by atoms with Gasteiger partial charge in [0.15, 0.2) is 0 Å². The number of anilines is 1. The molecule has 2 aromatic rings. The minimum atomic E-state index is 0.386. The molecule has 1 aliphatic rings. The number of halogens is 1. The van der Waals surface area contributed by atoms with Crippen LogP contribution in [0.15, 0.2) is 12.4 Å². The Morgan fingerprint density at radius 2 is 2.22 bits per heavy atom. The summed E-state index contributed by atoms with van der Waals surface area (Å²) in [6.45, 7) is 3.14. The number of hydrogen-bond donors (Lipinski definition) is 0. The van der Waals surface area contributed by atoms with Gasteiger partial charge < -0.3 is 4.90 Å². The predicted octanol–water partition coefficient (Wildman–Crippen LogP) is 3.45. The van der Waals surface area contributed by atoms with Crippen LogP contribution in [0.25, 0.3) is 10.2 Å². The summed E-state index contributed by atoms with van der Waals surface area (Å²) in [7, 11) is 2.11. The van der Waals surface area contributed by atoms with Crippen LogP contribution in [0.1, 0.15) is 17.7 Å². The van der Waals surface area contributed by atoms with E-state index in [1.54, 1.807) is 17.7 Å². The molecule has 1 fully saturated rings. The second kappa shape index (κ2) is 4.67. The Morgan fingerprint density at radius 3 is 2.94 bits per heavy atom. The van der Waals surface area contributed by atoms with Crippen molar-refractivity contribution in [2.24, 2.45) is 5.92 Å². The maximum atomic E-state index is 6.03. The summed E-state index contributed by atoms with van der Waals surface area (Å²) >= 11 is 7.75. The maximum Gasteiger partial charge on any atom is 0.140 e. The van der Waals surface area contributed by atoms with E-state index in [0.29, 0.717) is 11.3 Å². The van der Waals surface area contributed by atoms with E-state index in [1.807, 2.05) is 0 Å². The third-order valence-electron chi connectivity index (χ3n) is 3.50. The van der Waals surface area contributed by atoms with Crippen molar-refractivity contribution in [1.82, 2.24) is 9.97 Å². The second-order valence-electron chi connectivity index (χ2n) is 5.09. The molecule has 0 unspecified atom stereocenters. The van der Waals surface area contributed by atoms with E-state index < -0.39 is 0 Å². The van der Waals surface area contributed by atoms with Crippen molar-refractivity contribution in [1.29, 1.82) is 0 Å². The fraction of sp³-hybridized carbons (Fsp3) is 0.538. The highest BCUT2D eigenvalue weighted by atomic mass is 35.5. The predicted molar refractivity (Wildman–Crippen MR) is 77.8 cm³/mol. The van der Waals surface area contributed by atoms with E-state index in [-0.39, 0.29) is 0 Å². The highest BCUT2D eigenvalue weighted by Gasteiger charge is 2.28. The third-order valence-corrected chi connectivity index (χ3v) is 4.82. The topological polar surface area (TPSA) is 29.0 Å². The fourth-order valence-electron chi connectivity index (χ4n) is 2.54. The Morgan fingerprint density at radius 1 is 1.44 bits per heavy atom. The minimum Gasteiger partial charge on any atom is -0.359 e. The molecule has 0 radical (unpaired) electrons. The highest BCUT2D eigenvalue weighted by molar-refractivity contribution is 7.18. The summed E-state index contributed by atoms with van der Waals surface area (Å²) in [5.41, 5.74) is 0. The van der Waals surface area contributed by atoms with Crippen LogP contribution >= 0.6 is 22.9 Å². The smallest absolute Gasteiger partial charge is 0.140 e. The van der Waals surface area contributed by atoms with Gasteiger partial charge in [-0.05, 0) is 31.7 Å². The lowest BCUT2D eigenvalue weighted by Crippen LogP contribution is -2.35. The van der Waals surface area contributed by atoms with E-state index in [9.17, 15) is 0 Å². The summed E-state index contributed by atoms with van der Waals surface area (Å²) in [4.78, 5) is 13.4. The zero-order valence-corrected chi connectivity index (χ0v) is 12.1. The Bertz CT molecular complexity index is 562. The molecule has 1 aliphatic carbocycles. The van der Waals surface area contributed by atoms with E-state index in [4.69, 9.17) is 11.6 Å². The molecule has 0 atom stereocenters. The first-order chi connectivity index (χ1) is 8.63. The first-order valence-corrected chi connectivity index (χ1v) is 7.45. The van der Waals surface area contributed by atoms with E-state index in [0.717, 1.165) is 30.0 Å². The molecule has 0 saturated heterocycles. The van der Waals surface area contributed by atoms with Crippen LogP contribution in [0.2, 0.25) is 0 Å². The third kappa shape index (κ3) is 2.19. The van der Waals surface area contributed by atoms with E-state index in [1.165, 1.54) is 10.3 Å². The molecule has 3 rings (SSSR count). The molecule has 1 saturated carbocycles. The number of alkyl halides is 1. The van der Waals surface area contributed by atoms with Gasteiger partial charge in [-0.25, -0.2) is 9.97 Å². The molecule has 0 bridgehead atoms. The van der Waals surface area contributed by atoms with Crippen molar-refractivity contribution in [3.8, 4) is 0 Å². The van der Waals surface area contributed by atoms with Gasteiger partial charge in [0.2, 0.25) is 0 Å². The monoisotopic (exact) mass is 281 g/mol. The minimum absolute atomic E-state index is 0.386. The molecule has 96 valence electrons. The summed E-state index contributed by atoms with van der Waals surface area (Å²) in [5, 5.41) is 1.56. The van der Waals surface area contributed by atoms with E-state index >= 15 is 0 Å². The largest absolute Gasteiger partial charge is 0.359 e. The molecule has 0 amide bonds. The molecule has 5 heteroatoms. The van der Waals surface area contributed by atoms with Crippen molar-refractivity contribution >= 4 is 39.0 Å². The van der Waals surface area contributed by atoms with Gasteiger partial charge in [0.25, 0.3) is 0 Å². The molecular formula is C13H16ClN3S. The number of aryl methyl sites for hydroxylation is 1.